The molecular formula is C10H8ClNO3. The van der Waals surface area contributed by atoms with Crippen LogP contribution in [0.3, 0.4) is 0 Å². The largest absolute Gasteiger partial charge is 0.506 e. The molecule has 4 nitrogen and oxygen atoms in total. The van der Waals surface area contributed by atoms with Gasteiger partial charge in [-0.3, -0.25) is 0 Å². The number of carbonyl (C=O) groups excluding carboxylic acids is 1. The Morgan fingerprint density at radius 1 is 1.67 bits per heavy atom. The SMILES string of the molecule is COC(=O)c1c(CCl)ccc(C#N)c1O. The van der Waals surface area contributed by atoms with Crippen LogP contribution in [-0.2, 0) is 10.6 Å². The fourth-order valence-corrected chi connectivity index (χ4v) is 1.39. The van der Waals surface area contributed by atoms with Crippen LogP contribution < -0.4 is 0 Å². The zero-order chi connectivity index (χ0) is 11.4. The van der Waals surface area contributed by atoms with Gasteiger partial charge >= 0.3 is 5.97 Å². The lowest BCUT2D eigenvalue weighted by atomic mass is 10.0. The molecule has 0 aromatic heterocycles. The van der Waals surface area contributed by atoms with Crippen LogP contribution in [0.2, 0.25) is 0 Å². The predicted molar refractivity (Wildman–Crippen MR) is 53.7 cm³/mol. The van der Waals surface area contributed by atoms with Crippen LogP contribution in [0.25, 0.3) is 0 Å². The summed E-state index contributed by atoms with van der Waals surface area (Å²) >= 11 is 5.60. The number of nitrogens with zero attached hydrogens (tertiary/aromatic N) is 1. The van der Waals surface area contributed by atoms with Crippen LogP contribution in [-0.4, -0.2) is 18.2 Å². The number of nitriles is 1. The highest BCUT2D eigenvalue weighted by molar-refractivity contribution is 6.17. The molecule has 1 aromatic carbocycles. The van der Waals surface area contributed by atoms with Crippen LogP contribution in [0, 0.1) is 11.3 Å². The lowest BCUT2D eigenvalue weighted by molar-refractivity contribution is 0.0596. The average Bonchev–Trinajstić information content (AvgIpc) is 2.27. The third kappa shape index (κ3) is 2.03. The number of rotatable bonds is 2. The van der Waals surface area contributed by atoms with Crippen molar-refractivity contribution in [3.63, 3.8) is 0 Å². The molecule has 0 radical (unpaired) electrons. The van der Waals surface area contributed by atoms with E-state index in [1.54, 1.807) is 6.07 Å². The number of aromatic hydroxyl groups is 1. The maximum atomic E-state index is 11.3. The van der Waals surface area contributed by atoms with Crippen molar-refractivity contribution < 1.29 is 14.6 Å². The summed E-state index contributed by atoms with van der Waals surface area (Å²) in [6.07, 6.45) is 0. The standard InChI is InChI=1S/C10H8ClNO3/c1-15-10(14)8-6(4-11)2-3-7(5-12)9(8)13/h2-3,13H,4H2,1H3. The lowest BCUT2D eigenvalue weighted by Crippen LogP contribution is -2.06. The van der Waals surface area contributed by atoms with E-state index in [9.17, 15) is 9.90 Å². The summed E-state index contributed by atoms with van der Waals surface area (Å²) in [4.78, 5) is 11.3. The smallest absolute Gasteiger partial charge is 0.342 e. The summed E-state index contributed by atoms with van der Waals surface area (Å²) in [6.45, 7) is 0. The molecule has 0 spiro atoms. The maximum Gasteiger partial charge on any atom is 0.342 e. The number of halogens is 1. The Morgan fingerprint density at radius 2 is 2.33 bits per heavy atom. The van der Waals surface area contributed by atoms with Gasteiger partial charge in [-0.25, -0.2) is 4.79 Å². The van der Waals surface area contributed by atoms with Gasteiger partial charge in [0.2, 0.25) is 0 Å². The van der Waals surface area contributed by atoms with E-state index in [1.165, 1.54) is 19.2 Å². The highest BCUT2D eigenvalue weighted by Crippen LogP contribution is 2.27. The van der Waals surface area contributed by atoms with Gasteiger partial charge in [0.1, 0.15) is 17.4 Å². The second kappa shape index (κ2) is 4.67. The third-order valence-electron chi connectivity index (χ3n) is 1.92. The minimum absolute atomic E-state index is 0.0178. The molecule has 1 rings (SSSR count). The Morgan fingerprint density at radius 3 is 2.80 bits per heavy atom. The second-order valence-electron chi connectivity index (χ2n) is 2.73. The van der Waals surface area contributed by atoms with Crippen molar-refractivity contribution >= 4 is 17.6 Å². The molecule has 0 aliphatic rings. The predicted octanol–water partition coefficient (Wildman–Crippen LogP) is 1.79. The van der Waals surface area contributed by atoms with Gasteiger partial charge in [-0.15, -0.1) is 11.6 Å². The van der Waals surface area contributed by atoms with Crippen molar-refractivity contribution in [1.29, 1.82) is 5.26 Å². The molecule has 0 aliphatic heterocycles. The number of alkyl halides is 1. The van der Waals surface area contributed by atoms with Gasteiger partial charge in [-0.1, -0.05) is 6.07 Å². The normalized spacial score (nSPS) is 9.40. The zero-order valence-corrected chi connectivity index (χ0v) is 8.71. The molecule has 0 saturated carbocycles. The number of phenols is 1. The van der Waals surface area contributed by atoms with Crippen molar-refractivity contribution in [2.45, 2.75) is 5.88 Å². The van der Waals surface area contributed by atoms with Crippen LogP contribution >= 0.6 is 11.6 Å². The highest BCUT2D eigenvalue weighted by Gasteiger charge is 2.19. The van der Waals surface area contributed by atoms with Gasteiger partial charge in [-0.05, 0) is 11.6 Å². The Kier molecular flexibility index (Phi) is 3.53. The molecule has 0 unspecified atom stereocenters. The number of benzene rings is 1. The molecule has 5 heteroatoms. The fraction of sp³-hybridized carbons (Fsp3) is 0.200. The molecule has 1 N–H and O–H groups in total. The van der Waals surface area contributed by atoms with Gasteiger partial charge in [0.15, 0.2) is 0 Å². The molecular weight excluding hydrogens is 218 g/mol. The molecule has 0 saturated heterocycles. The van der Waals surface area contributed by atoms with Crippen molar-refractivity contribution in [2.24, 2.45) is 0 Å². The Labute approximate surface area is 91.7 Å². The molecule has 0 fully saturated rings. The van der Waals surface area contributed by atoms with Crippen molar-refractivity contribution in [2.75, 3.05) is 7.11 Å². The van der Waals surface area contributed by atoms with Crippen LogP contribution in [0.1, 0.15) is 21.5 Å². The molecule has 15 heavy (non-hydrogen) atoms. The minimum Gasteiger partial charge on any atom is -0.506 e. The van der Waals surface area contributed by atoms with Gasteiger partial charge < -0.3 is 9.84 Å². The van der Waals surface area contributed by atoms with E-state index in [1.807, 2.05) is 0 Å². The maximum absolute atomic E-state index is 11.3. The molecule has 0 atom stereocenters. The number of methoxy groups -OCH3 is 1. The van der Waals surface area contributed by atoms with Gasteiger partial charge in [0.25, 0.3) is 0 Å². The van der Waals surface area contributed by atoms with Gasteiger partial charge in [-0.2, -0.15) is 5.26 Å². The number of ether oxygens (including phenoxy) is 1. The summed E-state index contributed by atoms with van der Waals surface area (Å²) in [5.74, 6) is -1.04. The monoisotopic (exact) mass is 225 g/mol. The summed E-state index contributed by atoms with van der Waals surface area (Å²) in [7, 11) is 1.19. The van der Waals surface area contributed by atoms with Crippen molar-refractivity contribution in [3.8, 4) is 11.8 Å². The Balaban J connectivity index is 3.44. The summed E-state index contributed by atoms with van der Waals surface area (Å²) in [5, 5.41) is 18.3. The number of hydrogen-bond acceptors (Lipinski definition) is 4. The lowest BCUT2D eigenvalue weighted by Gasteiger charge is -2.08. The van der Waals surface area contributed by atoms with E-state index in [2.05, 4.69) is 4.74 Å². The van der Waals surface area contributed by atoms with Crippen LogP contribution in [0.15, 0.2) is 12.1 Å². The quantitative estimate of drug-likeness (QED) is 0.615. The van der Waals surface area contributed by atoms with E-state index < -0.39 is 5.97 Å². The van der Waals surface area contributed by atoms with Crippen LogP contribution in [0.4, 0.5) is 0 Å². The van der Waals surface area contributed by atoms with Crippen molar-refractivity contribution in [3.05, 3.63) is 28.8 Å². The molecule has 0 heterocycles. The average molecular weight is 226 g/mol. The minimum atomic E-state index is -0.708. The number of esters is 1. The second-order valence-corrected chi connectivity index (χ2v) is 3.00. The molecule has 78 valence electrons. The first kappa shape index (κ1) is 11.3. The Hall–Kier alpha value is -1.73. The first-order valence-electron chi connectivity index (χ1n) is 4.05. The Bertz CT molecular complexity index is 437. The summed E-state index contributed by atoms with van der Waals surface area (Å²) < 4.78 is 4.49. The first-order valence-corrected chi connectivity index (χ1v) is 4.58. The van der Waals surface area contributed by atoms with Crippen LogP contribution in [0.5, 0.6) is 5.75 Å². The fourth-order valence-electron chi connectivity index (χ4n) is 1.16. The van der Waals surface area contributed by atoms with Gasteiger partial charge in [0.05, 0.1) is 12.7 Å². The van der Waals surface area contributed by atoms with E-state index in [0.29, 0.717) is 5.56 Å². The number of phenolic OH excluding ortho intramolecular Hbond substituents is 1. The summed E-state index contributed by atoms with van der Waals surface area (Å²) in [6, 6.07) is 4.68. The third-order valence-corrected chi connectivity index (χ3v) is 2.21. The molecule has 1 aromatic rings. The molecule has 0 amide bonds. The highest BCUT2D eigenvalue weighted by atomic mass is 35.5. The first-order chi connectivity index (χ1) is 7.15. The zero-order valence-electron chi connectivity index (χ0n) is 7.95. The van der Waals surface area contributed by atoms with Gasteiger partial charge in [0, 0.05) is 5.88 Å². The number of carbonyl (C=O) groups is 1. The summed E-state index contributed by atoms with van der Waals surface area (Å²) in [5.41, 5.74) is 0.399. The number of hydrogen-bond donors (Lipinski definition) is 1. The van der Waals surface area contributed by atoms with E-state index in [-0.39, 0.29) is 22.8 Å². The topological polar surface area (TPSA) is 70.3 Å². The van der Waals surface area contributed by atoms with E-state index in [0.717, 1.165) is 0 Å². The molecule has 0 bridgehead atoms. The van der Waals surface area contributed by atoms with E-state index in [4.69, 9.17) is 16.9 Å². The molecule has 0 aliphatic carbocycles. The van der Waals surface area contributed by atoms with Crippen molar-refractivity contribution in [1.82, 2.24) is 0 Å². The van der Waals surface area contributed by atoms with E-state index >= 15 is 0 Å².